The molecule has 0 unspecified atom stereocenters. The molecule has 3 heterocycles. The molecule has 3 aromatic heterocycles. The van der Waals surface area contributed by atoms with Crippen LogP contribution >= 0.6 is 0 Å². The average molecular weight is 601 g/mol. The first-order valence-corrected chi connectivity index (χ1v) is 15.8. The van der Waals surface area contributed by atoms with Crippen LogP contribution in [0.15, 0.2) is 170 Å². The quantitative estimate of drug-likeness (QED) is 0.197. The summed E-state index contributed by atoms with van der Waals surface area (Å²) in [7, 11) is 0. The Balaban J connectivity index is 1.19. The number of aromatic nitrogens is 4. The van der Waals surface area contributed by atoms with E-state index in [4.69, 9.17) is 15.0 Å². The van der Waals surface area contributed by atoms with Gasteiger partial charge < -0.3 is 0 Å². The van der Waals surface area contributed by atoms with Gasteiger partial charge in [-0.2, -0.15) is 0 Å². The van der Waals surface area contributed by atoms with Crippen molar-refractivity contribution in [1.29, 1.82) is 0 Å². The molecular weight excluding hydrogens is 573 g/mol. The number of pyridine rings is 1. The van der Waals surface area contributed by atoms with Crippen LogP contribution < -0.4 is 0 Å². The van der Waals surface area contributed by atoms with E-state index in [2.05, 4.69) is 150 Å². The SMILES string of the molecule is c1ccc(-c2ccc(-n3c4ccccc4c4nc5cc(-c6cc(-c7ccccc7)cc(-c7ccccc7)c6)ccc5nc43)nc2)cc1. The fourth-order valence-electron chi connectivity index (χ4n) is 6.48. The van der Waals surface area contributed by atoms with Crippen LogP contribution in [0.2, 0.25) is 0 Å². The van der Waals surface area contributed by atoms with Crippen molar-refractivity contribution in [2.24, 2.45) is 0 Å². The summed E-state index contributed by atoms with van der Waals surface area (Å²) in [5, 5.41) is 1.05. The highest BCUT2D eigenvalue weighted by Gasteiger charge is 2.17. The van der Waals surface area contributed by atoms with E-state index in [0.29, 0.717) is 0 Å². The number of nitrogens with zero attached hydrogens (tertiary/aromatic N) is 4. The standard InChI is InChI=1S/C43H28N4/c1-4-12-29(13-5-1)33-21-23-41(44-28-33)47-40-19-11-10-18-37(40)42-43(47)46-38-22-20-32(27-39(38)45-42)36-25-34(30-14-6-2-7-15-30)24-35(26-36)31-16-8-3-9-17-31/h1-28H. The number of hydrogen-bond donors (Lipinski definition) is 0. The Kier molecular flexibility index (Phi) is 6.43. The molecule has 0 radical (unpaired) electrons. The summed E-state index contributed by atoms with van der Waals surface area (Å²) in [6, 6.07) is 57.2. The van der Waals surface area contributed by atoms with Crippen molar-refractivity contribution < 1.29 is 0 Å². The zero-order valence-electron chi connectivity index (χ0n) is 25.5. The van der Waals surface area contributed by atoms with Gasteiger partial charge in [-0.05, 0) is 87.5 Å². The average Bonchev–Trinajstić information content (AvgIpc) is 3.47. The molecule has 0 aliphatic carbocycles. The molecule has 0 bridgehead atoms. The molecule has 0 saturated heterocycles. The minimum atomic E-state index is 0.795. The fraction of sp³-hybridized carbons (Fsp3) is 0. The number of para-hydroxylation sites is 1. The largest absolute Gasteiger partial charge is 0.276 e. The Labute approximate surface area is 272 Å². The van der Waals surface area contributed by atoms with Crippen molar-refractivity contribution in [3.63, 3.8) is 0 Å². The van der Waals surface area contributed by atoms with Gasteiger partial charge in [0.15, 0.2) is 5.65 Å². The summed E-state index contributed by atoms with van der Waals surface area (Å²) >= 11 is 0. The summed E-state index contributed by atoms with van der Waals surface area (Å²) in [6.07, 6.45) is 1.93. The van der Waals surface area contributed by atoms with Gasteiger partial charge in [0, 0.05) is 17.1 Å². The minimum absolute atomic E-state index is 0.795. The van der Waals surface area contributed by atoms with Gasteiger partial charge in [-0.25, -0.2) is 15.0 Å². The molecule has 6 aromatic carbocycles. The van der Waals surface area contributed by atoms with Crippen LogP contribution in [-0.2, 0) is 0 Å². The third-order valence-corrected chi connectivity index (χ3v) is 8.82. The summed E-state index contributed by atoms with van der Waals surface area (Å²) in [5.74, 6) is 0.812. The lowest BCUT2D eigenvalue weighted by Gasteiger charge is -2.12. The maximum Gasteiger partial charge on any atom is 0.166 e. The van der Waals surface area contributed by atoms with Crippen LogP contribution in [0.25, 0.3) is 83.4 Å². The van der Waals surface area contributed by atoms with E-state index in [1.807, 2.05) is 24.4 Å². The topological polar surface area (TPSA) is 43.6 Å². The molecule has 0 amide bonds. The van der Waals surface area contributed by atoms with Crippen molar-refractivity contribution in [3.8, 4) is 50.3 Å². The monoisotopic (exact) mass is 600 g/mol. The Morgan fingerprint density at radius 3 is 1.55 bits per heavy atom. The van der Waals surface area contributed by atoms with E-state index in [-0.39, 0.29) is 0 Å². The third kappa shape index (κ3) is 4.84. The van der Waals surface area contributed by atoms with Crippen molar-refractivity contribution >= 4 is 33.1 Å². The number of rotatable bonds is 5. The van der Waals surface area contributed by atoms with Gasteiger partial charge in [-0.3, -0.25) is 4.57 Å². The van der Waals surface area contributed by atoms with Crippen molar-refractivity contribution in [3.05, 3.63) is 170 Å². The lowest BCUT2D eigenvalue weighted by atomic mass is 9.93. The number of fused-ring (bicyclic) bond motifs is 4. The van der Waals surface area contributed by atoms with E-state index in [1.54, 1.807) is 0 Å². The Bertz CT molecular complexity index is 2480. The van der Waals surface area contributed by atoms with Gasteiger partial charge in [-0.1, -0.05) is 115 Å². The van der Waals surface area contributed by atoms with Gasteiger partial charge in [0.25, 0.3) is 0 Å². The molecule has 47 heavy (non-hydrogen) atoms. The zero-order chi connectivity index (χ0) is 31.2. The summed E-state index contributed by atoms with van der Waals surface area (Å²) in [6.45, 7) is 0. The third-order valence-electron chi connectivity index (χ3n) is 8.82. The second kappa shape index (κ2) is 11.2. The molecule has 0 saturated carbocycles. The maximum absolute atomic E-state index is 5.25. The van der Waals surface area contributed by atoms with Crippen LogP contribution in [0.5, 0.6) is 0 Å². The highest BCUT2D eigenvalue weighted by Crippen LogP contribution is 2.35. The molecule has 9 rings (SSSR count). The van der Waals surface area contributed by atoms with Crippen LogP contribution in [0.4, 0.5) is 0 Å². The lowest BCUT2D eigenvalue weighted by Crippen LogP contribution is -1.99. The second-order valence-corrected chi connectivity index (χ2v) is 11.8. The van der Waals surface area contributed by atoms with Gasteiger partial charge >= 0.3 is 0 Å². The molecular formula is C43H28N4. The Morgan fingerprint density at radius 1 is 0.383 bits per heavy atom. The van der Waals surface area contributed by atoms with Crippen LogP contribution in [-0.4, -0.2) is 19.5 Å². The molecule has 4 heteroatoms. The summed E-state index contributed by atoms with van der Waals surface area (Å²) in [5.41, 5.74) is 13.6. The molecule has 0 atom stereocenters. The lowest BCUT2D eigenvalue weighted by molar-refractivity contribution is 1.06. The molecule has 0 aliphatic heterocycles. The predicted octanol–water partition coefficient (Wildman–Crippen LogP) is 10.8. The molecule has 220 valence electrons. The van der Waals surface area contributed by atoms with Crippen molar-refractivity contribution in [2.45, 2.75) is 0 Å². The first kappa shape index (κ1) is 27.0. The van der Waals surface area contributed by atoms with E-state index < -0.39 is 0 Å². The van der Waals surface area contributed by atoms with Gasteiger partial charge in [0.1, 0.15) is 11.3 Å². The van der Waals surface area contributed by atoms with Gasteiger partial charge in [-0.15, -0.1) is 0 Å². The minimum Gasteiger partial charge on any atom is -0.276 e. The summed E-state index contributed by atoms with van der Waals surface area (Å²) < 4.78 is 2.12. The fourth-order valence-corrected chi connectivity index (χ4v) is 6.48. The van der Waals surface area contributed by atoms with Crippen molar-refractivity contribution in [1.82, 2.24) is 19.5 Å². The molecule has 9 aromatic rings. The van der Waals surface area contributed by atoms with E-state index in [1.165, 1.54) is 22.3 Å². The number of benzene rings is 6. The van der Waals surface area contributed by atoms with Gasteiger partial charge in [0.05, 0.1) is 16.6 Å². The molecule has 0 N–H and O–H groups in total. The van der Waals surface area contributed by atoms with Crippen LogP contribution in [0.1, 0.15) is 0 Å². The van der Waals surface area contributed by atoms with Crippen LogP contribution in [0, 0.1) is 0 Å². The van der Waals surface area contributed by atoms with Gasteiger partial charge in [0.2, 0.25) is 0 Å². The Morgan fingerprint density at radius 2 is 0.936 bits per heavy atom. The first-order chi connectivity index (χ1) is 23.3. The molecule has 0 fully saturated rings. The second-order valence-electron chi connectivity index (χ2n) is 11.8. The van der Waals surface area contributed by atoms with Crippen LogP contribution in [0.3, 0.4) is 0 Å². The predicted molar refractivity (Wildman–Crippen MR) is 193 cm³/mol. The number of hydrogen-bond acceptors (Lipinski definition) is 3. The normalized spacial score (nSPS) is 11.4. The highest BCUT2D eigenvalue weighted by molar-refractivity contribution is 6.07. The van der Waals surface area contributed by atoms with E-state index in [9.17, 15) is 0 Å². The smallest absolute Gasteiger partial charge is 0.166 e. The first-order valence-electron chi connectivity index (χ1n) is 15.8. The van der Waals surface area contributed by atoms with E-state index in [0.717, 1.165) is 61.2 Å². The zero-order valence-corrected chi connectivity index (χ0v) is 25.5. The molecule has 0 spiro atoms. The Hall–Kier alpha value is -6.39. The van der Waals surface area contributed by atoms with E-state index >= 15 is 0 Å². The summed E-state index contributed by atoms with van der Waals surface area (Å²) in [4.78, 5) is 15.3. The molecule has 4 nitrogen and oxygen atoms in total. The maximum atomic E-state index is 5.25. The molecule has 0 aliphatic rings. The van der Waals surface area contributed by atoms with Crippen molar-refractivity contribution in [2.75, 3.05) is 0 Å². The highest BCUT2D eigenvalue weighted by atomic mass is 15.1.